The molecule has 0 spiro atoms. The van der Waals surface area contributed by atoms with Gasteiger partial charge in [0.25, 0.3) is 10.0 Å². The zero-order valence-electron chi connectivity index (χ0n) is 14.7. The molecule has 1 atom stereocenters. The molecular formula is C16H14F3N5O3S2. The van der Waals surface area contributed by atoms with Crippen LogP contribution in [0.1, 0.15) is 18.7 Å². The van der Waals surface area contributed by atoms with Crippen LogP contribution in [0.15, 0.2) is 53.0 Å². The van der Waals surface area contributed by atoms with Crippen molar-refractivity contribution in [2.75, 3.05) is 10.0 Å². The number of rotatable bonds is 6. The first kappa shape index (κ1) is 20.8. The maximum Gasteiger partial charge on any atom is 0.435 e. The highest BCUT2D eigenvalue weighted by Gasteiger charge is 2.34. The first-order valence-electron chi connectivity index (χ1n) is 8.02. The number of sulfonamides is 1. The Morgan fingerprint density at radius 2 is 1.90 bits per heavy atom. The van der Waals surface area contributed by atoms with Gasteiger partial charge < -0.3 is 5.32 Å². The summed E-state index contributed by atoms with van der Waals surface area (Å²) in [6.45, 7) is 1.39. The molecule has 1 amide bonds. The fourth-order valence-electron chi connectivity index (χ4n) is 2.24. The van der Waals surface area contributed by atoms with Crippen molar-refractivity contribution in [1.82, 2.24) is 14.8 Å². The molecule has 0 saturated carbocycles. The maximum atomic E-state index is 12.6. The third kappa shape index (κ3) is 4.92. The van der Waals surface area contributed by atoms with E-state index in [1.54, 1.807) is 5.38 Å². The number of nitrogens with one attached hydrogen (secondary N) is 2. The topological polar surface area (TPSA) is 106 Å². The summed E-state index contributed by atoms with van der Waals surface area (Å²) in [7, 11) is -3.83. The van der Waals surface area contributed by atoms with E-state index >= 15 is 0 Å². The Morgan fingerprint density at radius 3 is 2.45 bits per heavy atom. The number of hydrogen-bond donors (Lipinski definition) is 2. The highest BCUT2D eigenvalue weighted by Crippen LogP contribution is 2.28. The van der Waals surface area contributed by atoms with Crippen LogP contribution in [-0.4, -0.2) is 29.1 Å². The molecule has 1 unspecified atom stereocenters. The lowest BCUT2D eigenvalue weighted by atomic mass is 10.2. The average Bonchev–Trinajstić information content (AvgIpc) is 3.32. The molecule has 1 aromatic carbocycles. The molecule has 0 aliphatic rings. The van der Waals surface area contributed by atoms with Crippen LogP contribution in [-0.2, 0) is 21.0 Å². The van der Waals surface area contributed by atoms with Crippen LogP contribution in [0.5, 0.6) is 0 Å². The van der Waals surface area contributed by atoms with Gasteiger partial charge in [-0.1, -0.05) is 0 Å². The lowest BCUT2D eigenvalue weighted by Gasteiger charge is -2.13. The number of alkyl halides is 3. The maximum absolute atomic E-state index is 12.6. The first-order valence-corrected chi connectivity index (χ1v) is 10.4. The predicted molar refractivity (Wildman–Crippen MR) is 99.9 cm³/mol. The third-order valence-electron chi connectivity index (χ3n) is 3.76. The van der Waals surface area contributed by atoms with Gasteiger partial charge >= 0.3 is 6.18 Å². The number of halogens is 3. The van der Waals surface area contributed by atoms with E-state index in [2.05, 4.69) is 20.1 Å². The summed E-state index contributed by atoms with van der Waals surface area (Å²) in [6.07, 6.45) is -2.08. The summed E-state index contributed by atoms with van der Waals surface area (Å²) >= 11 is 1.12. The minimum atomic E-state index is -4.60. The van der Waals surface area contributed by atoms with E-state index in [0.717, 1.165) is 28.3 Å². The molecule has 2 N–H and O–H groups in total. The monoisotopic (exact) mass is 445 g/mol. The third-order valence-corrected chi connectivity index (χ3v) is 5.93. The second kappa shape index (κ2) is 7.83. The Kier molecular flexibility index (Phi) is 5.61. The number of anilines is 2. The van der Waals surface area contributed by atoms with E-state index in [-0.39, 0.29) is 15.7 Å². The average molecular weight is 445 g/mol. The SMILES string of the molecule is CC(C(=O)Nc1ccc(S(=O)(=O)Nc2nccs2)cc1)n1ccc(C(F)(F)F)n1. The fraction of sp³-hybridized carbons (Fsp3) is 0.188. The first-order chi connectivity index (χ1) is 13.6. The number of carbonyl (C=O) groups is 1. The van der Waals surface area contributed by atoms with Crippen LogP contribution in [0.4, 0.5) is 24.0 Å². The number of thiazole rings is 1. The molecule has 0 aliphatic carbocycles. The molecule has 3 aromatic rings. The number of carbonyl (C=O) groups excluding carboxylic acids is 1. The highest BCUT2D eigenvalue weighted by molar-refractivity contribution is 7.93. The fourth-order valence-corrected chi connectivity index (χ4v) is 4.03. The summed E-state index contributed by atoms with van der Waals surface area (Å²) in [5.41, 5.74) is -0.822. The molecule has 13 heteroatoms. The van der Waals surface area contributed by atoms with Crippen LogP contribution in [0.2, 0.25) is 0 Å². The largest absolute Gasteiger partial charge is 0.435 e. The molecule has 0 radical (unpaired) electrons. The molecule has 2 heterocycles. The van der Waals surface area contributed by atoms with E-state index in [9.17, 15) is 26.4 Å². The number of nitrogens with zero attached hydrogens (tertiary/aromatic N) is 3. The zero-order valence-corrected chi connectivity index (χ0v) is 16.3. The Bertz CT molecular complexity index is 1090. The summed E-state index contributed by atoms with van der Waals surface area (Å²) in [5, 5.41) is 7.71. The summed E-state index contributed by atoms with van der Waals surface area (Å²) in [4.78, 5) is 16.1. The van der Waals surface area contributed by atoms with Crippen LogP contribution in [0.3, 0.4) is 0 Å². The van der Waals surface area contributed by atoms with E-state index in [1.165, 1.54) is 37.4 Å². The normalized spacial score (nSPS) is 13.1. The smallest absolute Gasteiger partial charge is 0.324 e. The minimum absolute atomic E-state index is 0.0411. The molecule has 0 aliphatic heterocycles. The number of hydrogen-bond acceptors (Lipinski definition) is 6. The van der Waals surface area contributed by atoms with E-state index < -0.39 is 33.8 Å². The summed E-state index contributed by atoms with van der Waals surface area (Å²) < 4.78 is 65.7. The van der Waals surface area contributed by atoms with E-state index in [1.807, 2.05) is 0 Å². The van der Waals surface area contributed by atoms with Crippen molar-refractivity contribution < 1.29 is 26.4 Å². The van der Waals surface area contributed by atoms with Crippen molar-refractivity contribution in [3.05, 3.63) is 53.8 Å². The Morgan fingerprint density at radius 1 is 1.21 bits per heavy atom. The zero-order chi connectivity index (χ0) is 21.2. The second-order valence-corrected chi connectivity index (χ2v) is 8.39. The Labute approximate surface area is 167 Å². The van der Waals surface area contributed by atoms with Gasteiger partial charge in [0.05, 0.1) is 4.90 Å². The molecule has 2 aromatic heterocycles. The van der Waals surface area contributed by atoms with Crippen LogP contribution < -0.4 is 10.0 Å². The van der Waals surface area contributed by atoms with Gasteiger partial charge in [-0.05, 0) is 37.3 Å². The van der Waals surface area contributed by atoms with Crippen molar-refractivity contribution >= 4 is 38.1 Å². The molecule has 0 saturated heterocycles. The molecule has 8 nitrogen and oxygen atoms in total. The van der Waals surface area contributed by atoms with Crippen LogP contribution in [0.25, 0.3) is 0 Å². The molecule has 0 bridgehead atoms. The van der Waals surface area contributed by atoms with Crippen molar-refractivity contribution in [3.63, 3.8) is 0 Å². The molecule has 154 valence electrons. The van der Waals surface area contributed by atoms with Gasteiger partial charge in [-0.15, -0.1) is 11.3 Å². The van der Waals surface area contributed by atoms with Crippen molar-refractivity contribution in [1.29, 1.82) is 0 Å². The summed E-state index contributed by atoms with van der Waals surface area (Å²) in [5.74, 6) is -0.613. The second-order valence-electron chi connectivity index (χ2n) is 5.81. The van der Waals surface area contributed by atoms with Gasteiger partial charge in [-0.3, -0.25) is 14.2 Å². The minimum Gasteiger partial charge on any atom is -0.324 e. The van der Waals surface area contributed by atoms with Crippen LogP contribution in [0, 0.1) is 0 Å². The van der Waals surface area contributed by atoms with Gasteiger partial charge in [0.2, 0.25) is 5.91 Å². The Hall–Kier alpha value is -2.93. The lowest BCUT2D eigenvalue weighted by Crippen LogP contribution is -2.24. The molecule has 3 rings (SSSR count). The van der Waals surface area contributed by atoms with E-state index in [4.69, 9.17) is 0 Å². The highest BCUT2D eigenvalue weighted by atomic mass is 32.2. The quantitative estimate of drug-likeness (QED) is 0.605. The predicted octanol–water partition coefficient (Wildman–Crippen LogP) is 3.36. The van der Waals surface area contributed by atoms with Crippen molar-refractivity contribution in [2.45, 2.75) is 24.0 Å². The summed E-state index contributed by atoms with van der Waals surface area (Å²) in [6, 6.07) is 5.06. The van der Waals surface area contributed by atoms with Crippen LogP contribution >= 0.6 is 11.3 Å². The lowest BCUT2D eigenvalue weighted by molar-refractivity contribution is -0.141. The number of benzene rings is 1. The van der Waals surface area contributed by atoms with Gasteiger partial charge in [0.1, 0.15) is 6.04 Å². The van der Waals surface area contributed by atoms with Gasteiger partial charge in [0.15, 0.2) is 10.8 Å². The molecule has 29 heavy (non-hydrogen) atoms. The standard InChI is InChI=1S/C16H14F3N5O3S2/c1-10(24-8-6-13(22-24)16(17,18)19)14(25)21-11-2-4-12(5-3-11)29(26,27)23-15-20-7-9-28-15/h2-10H,1H3,(H,20,23)(H,21,25). The molecule has 0 fully saturated rings. The van der Waals surface area contributed by atoms with Gasteiger partial charge in [-0.2, -0.15) is 18.3 Å². The van der Waals surface area contributed by atoms with Gasteiger partial charge in [-0.25, -0.2) is 13.4 Å². The Balaban J connectivity index is 1.67. The van der Waals surface area contributed by atoms with E-state index in [0.29, 0.717) is 0 Å². The van der Waals surface area contributed by atoms with Crippen molar-refractivity contribution in [2.24, 2.45) is 0 Å². The number of aromatic nitrogens is 3. The molecular weight excluding hydrogens is 431 g/mol. The number of amides is 1. The van der Waals surface area contributed by atoms with Crippen molar-refractivity contribution in [3.8, 4) is 0 Å². The van der Waals surface area contributed by atoms with Gasteiger partial charge in [0, 0.05) is 23.5 Å².